The summed E-state index contributed by atoms with van der Waals surface area (Å²) in [6, 6.07) is 3.29. The third-order valence-corrected chi connectivity index (χ3v) is 5.42. The fraction of sp³-hybridized carbons (Fsp3) is 0.500. The first kappa shape index (κ1) is 17.5. The lowest BCUT2D eigenvalue weighted by Gasteiger charge is -2.22. The number of aliphatic carboxylic acids is 1. The molecule has 1 aromatic carbocycles. The van der Waals surface area contributed by atoms with E-state index < -0.39 is 21.9 Å². The van der Waals surface area contributed by atoms with Gasteiger partial charge in [-0.1, -0.05) is 6.92 Å². The van der Waals surface area contributed by atoms with Gasteiger partial charge in [0.05, 0.1) is 17.9 Å². The van der Waals surface area contributed by atoms with Gasteiger partial charge in [-0.05, 0) is 37.1 Å². The van der Waals surface area contributed by atoms with Gasteiger partial charge in [-0.2, -0.15) is 0 Å². The van der Waals surface area contributed by atoms with Crippen LogP contribution in [-0.4, -0.2) is 44.5 Å². The molecule has 0 radical (unpaired) electrons. The van der Waals surface area contributed by atoms with Gasteiger partial charge in [0.25, 0.3) is 0 Å². The highest BCUT2D eigenvalue weighted by Gasteiger charge is 2.28. The average Bonchev–Trinajstić information content (AvgIpc) is 2.36. The summed E-state index contributed by atoms with van der Waals surface area (Å²) in [5, 5.41) is 8.91. The van der Waals surface area contributed by atoms with Crippen LogP contribution in [0, 0.1) is 19.8 Å². The van der Waals surface area contributed by atoms with Gasteiger partial charge < -0.3 is 9.84 Å². The third-order valence-electron chi connectivity index (χ3n) is 3.29. The van der Waals surface area contributed by atoms with Crippen molar-refractivity contribution in [1.29, 1.82) is 0 Å². The number of sulfonamides is 1. The number of aryl methyl sites for hydroxylation is 2. The van der Waals surface area contributed by atoms with Crippen molar-refractivity contribution in [3.8, 4) is 5.75 Å². The number of carboxylic acids is 1. The summed E-state index contributed by atoms with van der Waals surface area (Å²) in [6.07, 6.45) is 0. The van der Waals surface area contributed by atoms with Crippen molar-refractivity contribution in [3.63, 3.8) is 0 Å². The molecule has 0 heterocycles. The predicted molar refractivity (Wildman–Crippen MR) is 79.1 cm³/mol. The summed E-state index contributed by atoms with van der Waals surface area (Å²) in [5.74, 6) is -1.21. The molecule has 6 nitrogen and oxygen atoms in total. The molecule has 0 aliphatic carbocycles. The van der Waals surface area contributed by atoms with Crippen molar-refractivity contribution in [2.24, 2.45) is 5.92 Å². The van der Waals surface area contributed by atoms with Crippen LogP contribution in [0.4, 0.5) is 0 Å². The van der Waals surface area contributed by atoms with Crippen molar-refractivity contribution in [2.45, 2.75) is 25.7 Å². The summed E-state index contributed by atoms with van der Waals surface area (Å²) in [5.41, 5.74) is 1.14. The third kappa shape index (κ3) is 3.74. The first-order chi connectivity index (χ1) is 9.61. The summed E-state index contributed by atoms with van der Waals surface area (Å²) in [6.45, 7) is 4.78. The second kappa shape index (κ2) is 6.44. The zero-order valence-electron chi connectivity index (χ0n) is 12.9. The van der Waals surface area contributed by atoms with Gasteiger partial charge in [-0.3, -0.25) is 4.79 Å². The zero-order valence-corrected chi connectivity index (χ0v) is 13.7. The SMILES string of the molecule is COc1cc(C)c(S(=O)(=O)N(C)CC(C)C(=O)O)c(C)c1. The molecule has 1 N–H and O–H groups in total. The number of benzene rings is 1. The van der Waals surface area contributed by atoms with E-state index in [1.54, 1.807) is 26.0 Å². The molecule has 1 aromatic rings. The van der Waals surface area contributed by atoms with E-state index in [-0.39, 0.29) is 11.4 Å². The van der Waals surface area contributed by atoms with Crippen molar-refractivity contribution in [3.05, 3.63) is 23.3 Å². The molecule has 0 spiro atoms. The molecule has 0 fully saturated rings. The molecule has 21 heavy (non-hydrogen) atoms. The molecule has 0 saturated heterocycles. The Bertz CT molecular complexity index is 616. The first-order valence-electron chi connectivity index (χ1n) is 6.45. The van der Waals surface area contributed by atoms with Gasteiger partial charge in [0.15, 0.2) is 0 Å². The summed E-state index contributed by atoms with van der Waals surface area (Å²) < 4.78 is 31.4. The van der Waals surface area contributed by atoms with Gasteiger partial charge in [0.1, 0.15) is 5.75 Å². The minimum Gasteiger partial charge on any atom is -0.497 e. The molecular formula is C14H21NO5S. The fourth-order valence-corrected chi connectivity index (χ4v) is 3.82. The normalized spacial score (nSPS) is 13.2. The lowest BCUT2D eigenvalue weighted by atomic mass is 10.1. The number of nitrogens with zero attached hydrogens (tertiary/aromatic N) is 1. The molecule has 1 rings (SSSR count). The number of ether oxygens (including phenoxy) is 1. The smallest absolute Gasteiger partial charge is 0.307 e. The van der Waals surface area contributed by atoms with Crippen LogP contribution < -0.4 is 4.74 Å². The van der Waals surface area contributed by atoms with Gasteiger partial charge in [0, 0.05) is 13.6 Å². The van der Waals surface area contributed by atoms with Crippen LogP contribution in [0.3, 0.4) is 0 Å². The number of methoxy groups -OCH3 is 1. The second-order valence-corrected chi connectivity index (χ2v) is 7.10. The quantitative estimate of drug-likeness (QED) is 0.863. The zero-order chi connectivity index (χ0) is 16.4. The van der Waals surface area contributed by atoms with Gasteiger partial charge in [-0.25, -0.2) is 12.7 Å². The Balaban J connectivity index is 3.22. The molecule has 7 heteroatoms. The maximum absolute atomic E-state index is 12.6. The molecule has 0 bridgehead atoms. The van der Waals surface area contributed by atoms with Gasteiger partial charge >= 0.3 is 5.97 Å². The highest BCUT2D eigenvalue weighted by Crippen LogP contribution is 2.28. The Hall–Kier alpha value is -1.60. The van der Waals surface area contributed by atoms with Gasteiger partial charge in [-0.15, -0.1) is 0 Å². The van der Waals surface area contributed by atoms with Crippen LogP contribution in [0.5, 0.6) is 5.75 Å². The topological polar surface area (TPSA) is 83.9 Å². The van der Waals surface area contributed by atoms with E-state index in [1.807, 2.05) is 0 Å². The van der Waals surface area contributed by atoms with E-state index in [0.717, 1.165) is 4.31 Å². The molecular weight excluding hydrogens is 294 g/mol. The Kier molecular flexibility index (Phi) is 5.36. The van der Waals surface area contributed by atoms with Crippen molar-refractivity contribution < 1.29 is 23.1 Å². The van der Waals surface area contributed by atoms with Crippen molar-refractivity contribution >= 4 is 16.0 Å². The van der Waals surface area contributed by atoms with Crippen LogP contribution in [-0.2, 0) is 14.8 Å². The monoisotopic (exact) mass is 315 g/mol. The molecule has 0 amide bonds. The number of hydrogen-bond acceptors (Lipinski definition) is 4. The molecule has 1 atom stereocenters. The van der Waals surface area contributed by atoms with Crippen LogP contribution in [0.25, 0.3) is 0 Å². The lowest BCUT2D eigenvalue weighted by Crippen LogP contribution is -2.34. The Morgan fingerprint density at radius 2 is 1.81 bits per heavy atom. The van der Waals surface area contributed by atoms with Crippen molar-refractivity contribution in [2.75, 3.05) is 20.7 Å². The fourth-order valence-electron chi connectivity index (χ4n) is 2.15. The Morgan fingerprint density at radius 1 is 1.33 bits per heavy atom. The van der Waals surface area contributed by atoms with Crippen LogP contribution >= 0.6 is 0 Å². The maximum Gasteiger partial charge on any atom is 0.307 e. The average molecular weight is 315 g/mol. The highest BCUT2D eigenvalue weighted by molar-refractivity contribution is 7.89. The van der Waals surface area contributed by atoms with Crippen LogP contribution in [0.2, 0.25) is 0 Å². The summed E-state index contributed by atoms with van der Waals surface area (Å²) >= 11 is 0. The van der Waals surface area contributed by atoms with E-state index >= 15 is 0 Å². The molecule has 1 unspecified atom stereocenters. The number of carboxylic acid groups (broad SMARTS) is 1. The lowest BCUT2D eigenvalue weighted by molar-refractivity contribution is -0.141. The van der Waals surface area contributed by atoms with E-state index in [4.69, 9.17) is 9.84 Å². The Labute approximate surface area is 125 Å². The minimum absolute atomic E-state index is 0.0808. The summed E-state index contributed by atoms with van der Waals surface area (Å²) in [7, 11) is -0.836. The molecule has 0 saturated carbocycles. The van der Waals surface area contributed by atoms with Crippen molar-refractivity contribution in [1.82, 2.24) is 4.31 Å². The largest absolute Gasteiger partial charge is 0.497 e. The van der Waals surface area contributed by atoms with Gasteiger partial charge in [0.2, 0.25) is 10.0 Å². The molecule has 0 aromatic heterocycles. The standard InChI is InChI=1S/C14H21NO5S/c1-9-6-12(20-5)7-10(2)13(9)21(18,19)15(4)8-11(3)14(16)17/h6-7,11H,8H2,1-5H3,(H,16,17). The first-order valence-corrected chi connectivity index (χ1v) is 7.89. The highest BCUT2D eigenvalue weighted by atomic mass is 32.2. The van der Waals surface area contributed by atoms with E-state index in [2.05, 4.69) is 0 Å². The molecule has 118 valence electrons. The second-order valence-electron chi connectivity index (χ2n) is 5.12. The van der Waals surface area contributed by atoms with E-state index in [9.17, 15) is 13.2 Å². The minimum atomic E-state index is -3.74. The molecule has 0 aliphatic rings. The predicted octanol–water partition coefficient (Wildman–Crippen LogP) is 1.65. The number of rotatable bonds is 6. The van der Waals surface area contributed by atoms with E-state index in [0.29, 0.717) is 16.9 Å². The number of carbonyl (C=O) groups is 1. The van der Waals surface area contributed by atoms with E-state index in [1.165, 1.54) is 21.1 Å². The number of hydrogen-bond donors (Lipinski definition) is 1. The molecule has 0 aliphatic heterocycles. The van der Waals surface area contributed by atoms with Crippen LogP contribution in [0.15, 0.2) is 17.0 Å². The van der Waals surface area contributed by atoms with Crippen LogP contribution in [0.1, 0.15) is 18.1 Å². The maximum atomic E-state index is 12.6. The Morgan fingerprint density at radius 3 is 2.19 bits per heavy atom. The summed E-state index contributed by atoms with van der Waals surface area (Å²) in [4.78, 5) is 11.1.